The number of hydrogen-bond donors (Lipinski definition) is 2. The second kappa shape index (κ2) is 11.4. The van der Waals surface area contributed by atoms with Gasteiger partial charge in [-0.05, 0) is 18.9 Å². The fourth-order valence-corrected chi connectivity index (χ4v) is 2.82. The Hall–Kier alpha value is -1.16. The van der Waals surface area contributed by atoms with Gasteiger partial charge in [-0.15, -0.1) is 35.3 Å². The van der Waals surface area contributed by atoms with Crippen LogP contribution in [0, 0.1) is 0 Å². The molecule has 6 nitrogen and oxygen atoms in total. The molecule has 0 saturated carbocycles. The summed E-state index contributed by atoms with van der Waals surface area (Å²) in [6, 6.07) is 1.94. The largest absolute Gasteiger partial charge is 0.356 e. The summed E-state index contributed by atoms with van der Waals surface area (Å²) in [6.45, 7) is 4.76. The van der Waals surface area contributed by atoms with Crippen LogP contribution in [-0.4, -0.2) is 40.9 Å². The minimum atomic E-state index is 0. The van der Waals surface area contributed by atoms with Gasteiger partial charge in [0.25, 0.3) is 0 Å². The molecule has 0 aromatic carbocycles. The second-order valence-electron chi connectivity index (χ2n) is 4.88. The van der Waals surface area contributed by atoms with Crippen LogP contribution in [0.4, 0.5) is 0 Å². The number of nitrogens with one attached hydrogen (secondary N) is 2. The third-order valence-electron chi connectivity index (χ3n) is 3.21. The van der Waals surface area contributed by atoms with Gasteiger partial charge in [-0.2, -0.15) is 5.10 Å². The Bertz CT molecular complexity index is 566. The molecule has 0 saturated heterocycles. The summed E-state index contributed by atoms with van der Waals surface area (Å²) in [5.74, 6) is 0.839. The average molecular weight is 448 g/mol. The molecule has 8 heteroatoms. The SMILES string of the molecule is CCc1nc(CCNC(=NC)NCCCn2cccn2)cs1.I. The first-order chi connectivity index (χ1) is 10.8. The summed E-state index contributed by atoms with van der Waals surface area (Å²) in [6.07, 6.45) is 6.72. The van der Waals surface area contributed by atoms with Crippen LogP contribution in [0.15, 0.2) is 28.8 Å². The molecule has 0 aliphatic carbocycles. The van der Waals surface area contributed by atoms with Gasteiger partial charge in [-0.3, -0.25) is 9.67 Å². The fraction of sp³-hybridized carbons (Fsp3) is 0.533. The van der Waals surface area contributed by atoms with E-state index in [0.29, 0.717) is 0 Å². The zero-order valence-corrected chi connectivity index (χ0v) is 16.8. The Morgan fingerprint density at radius 1 is 1.35 bits per heavy atom. The molecule has 0 unspecified atom stereocenters. The van der Waals surface area contributed by atoms with Crippen LogP contribution in [0.25, 0.3) is 0 Å². The zero-order valence-electron chi connectivity index (χ0n) is 13.7. The molecule has 0 amide bonds. The number of aryl methyl sites for hydroxylation is 2. The smallest absolute Gasteiger partial charge is 0.190 e. The molecule has 0 aliphatic heterocycles. The van der Waals surface area contributed by atoms with Gasteiger partial charge < -0.3 is 10.6 Å². The number of guanidine groups is 1. The van der Waals surface area contributed by atoms with E-state index in [9.17, 15) is 0 Å². The number of aromatic nitrogens is 3. The summed E-state index contributed by atoms with van der Waals surface area (Å²) >= 11 is 1.74. The standard InChI is InChI=1S/C15H24N6S.HI/c1-3-14-20-13(12-22-14)6-9-18-15(16-2)17-7-4-10-21-11-5-8-19-21;/h5,8,11-12H,3-4,6-7,9-10H2,1-2H3,(H2,16,17,18);1H. The molecule has 2 aromatic rings. The first-order valence-electron chi connectivity index (χ1n) is 7.67. The summed E-state index contributed by atoms with van der Waals surface area (Å²) < 4.78 is 1.94. The van der Waals surface area contributed by atoms with Crippen LogP contribution in [-0.2, 0) is 19.4 Å². The van der Waals surface area contributed by atoms with E-state index in [0.717, 1.165) is 50.6 Å². The Morgan fingerprint density at radius 2 is 2.17 bits per heavy atom. The molecule has 0 fully saturated rings. The maximum Gasteiger partial charge on any atom is 0.190 e. The molecule has 0 atom stereocenters. The molecule has 2 aromatic heterocycles. The Labute approximate surface area is 158 Å². The molecule has 0 aliphatic rings. The number of halogens is 1. The highest BCUT2D eigenvalue weighted by Crippen LogP contribution is 2.10. The van der Waals surface area contributed by atoms with Gasteiger partial charge in [-0.25, -0.2) is 4.98 Å². The van der Waals surface area contributed by atoms with Crippen molar-refractivity contribution in [2.75, 3.05) is 20.1 Å². The van der Waals surface area contributed by atoms with Crippen LogP contribution in [0.2, 0.25) is 0 Å². The van der Waals surface area contributed by atoms with Gasteiger partial charge in [-0.1, -0.05) is 6.92 Å². The van der Waals surface area contributed by atoms with E-state index in [1.165, 1.54) is 5.01 Å². The van der Waals surface area contributed by atoms with Gasteiger partial charge in [0.2, 0.25) is 0 Å². The molecular formula is C15H25IN6S. The van der Waals surface area contributed by atoms with Gasteiger partial charge in [0.1, 0.15) is 0 Å². The van der Waals surface area contributed by atoms with Crippen LogP contribution >= 0.6 is 35.3 Å². The van der Waals surface area contributed by atoms with Crippen LogP contribution in [0.5, 0.6) is 0 Å². The lowest BCUT2D eigenvalue weighted by Crippen LogP contribution is -2.39. The van der Waals surface area contributed by atoms with E-state index >= 15 is 0 Å². The molecule has 23 heavy (non-hydrogen) atoms. The van der Waals surface area contributed by atoms with E-state index in [2.05, 4.69) is 38.0 Å². The number of thiazole rings is 1. The Balaban J connectivity index is 0.00000264. The average Bonchev–Trinajstić information content (AvgIpc) is 3.21. The summed E-state index contributed by atoms with van der Waals surface area (Å²) in [7, 11) is 1.79. The van der Waals surface area contributed by atoms with Crippen molar-refractivity contribution in [2.24, 2.45) is 4.99 Å². The van der Waals surface area contributed by atoms with Crippen molar-refractivity contribution in [2.45, 2.75) is 32.7 Å². The van der Waals surface area contributed by atoms with E-state index in [-0.39, 0.29) is 24.0 Å². The van der Waals surface area contributed by atoms with Gasteiger partial charge in [0, 0.05) is 50.9 Å². The van der Waals surface area contributed by atoms with E-state index in [4.69, 9.17) is 0 Å². The Kier molecular flexibility index (Phi) is 9.85. The number of aliphatic imine (C=N–C) groups is 1. The number of rotatable bonds is 8. The van der Waals surface area contributed by atoms with E-state index in [1.54, 1.807) is 24.6 Å². The predicted molar refractivity (Wildman–Crippen MR) is 107 cm³/mol. The molecule has 0 bridgehead atoms. The minimum absolute atomic E-state index is 0. The maximum absolute atomic E-state index is 4.56. The minimum Gasteiger partial charge on any atom is -0.356 e. The van der Waals surface area contributed by atoms with Crippen molar-refractivity contribution in [3.63, 3.8) is 0 Å². The van der Waals surface area contributed by atoms with Crippen molar-refractivity contribution >= 4 is 41.3 Å². The fourth-order valence-electron chi connectivity index (χ4n) is 2.04. The molecular weight excluding hydrogens is 423 g/mol. The van der Waals surface area contributed by atoms with E-state index < -0.39 is 0 Å². The molecule has 0 spiro atoms. The maximum atomic E-state index is 4.56. The van der Waals surface area contributed by atoms with Crippen LogP contribution in [0.1, 0.15) is 24.0 Å². The van der Waals surface area contributed by atoms with Crippen molar-refractivity contribution in [1.82, 2.24) is 25.4 Å². The lowest BCUT2D eigenvalue weighted by molar-refractivity contribution is 0.570. The molecule has 128 valence electrons. The highest BCUT2D eigenvalue weighted by atomic mass is 127. The Morgan fingerprint density at radius 3 is 2.83 bits per heavy atom. The number of nitrogens with zero attached hydrogens (tertiary/aromatic N) is 4. The van der Waals surface area contributed by atoms with E-state index in [1.807, 2.05) is 16.9 Å². The summed E-state index contributed by atoms with van der Waals surface area (Å²) in [5, 5.41) is 14.2. The van der Waals surface area contributed by atoms with Crippen molar-refractivity contribution in [3.8, 4) is 0 Å². The lowest BCUT2D eigenvalue weighted by Gasteiger charge is -2.11. The molecule has 2 heterocycles. The van der Waals surface area contributed by atoms with Gasteiger partial charge >= 0.3 is 0 Å². The van der Waals surface area contributed by atoms with Crippen LogP contribution in [0.3, 0.4) is 0 Å². The quantitative estimate of drug-likeness (QED) is 0.282. The predicted octanol–water partition coefficient (Wildman–Crippen LogP) is 2.32. The second-order valence-corrected chi connectivity index (χ2v) is 5.83. The monoisotopic (exact) mass is 448 g/mol. The van der Waals surface area contributed by atoms with Gasteiger partial charge in [0.05, 0.1) is 10.7 Å². The van der Waals surface area contributed by atoms with Crippen molar-refractivity contribution in [3.05, 3.63) is 34.5 Å². The van der Waals surface area contributed by atoms with Crippen LogP contribution < -0.4 is 10.6 Å². The van der Waals surface area contributed by atoms with Crippen molar-refractivity contribution < 1.29 is 0 Å². The molecule has 0 radical (unpaired) electrons. The highest BCUT2D eigenvalue weighted by molar-refractivity contribution is 14.0. The molecule has 2 N–H and O–H groups in total. The van der Waals surface area contributed by atoms with Gasteiger partial charge in [0.15, 0.2) is 5.96 Å². The molecule has 2 rings (SSSR count). The topological polar surface area (TPSA) is 67.1 Å². The normalized spacial score (nSPS) is 11.1. The summed E-state index contributed by atoms with van der Waals surface area (Å²) in [4.78, 5) is 8.79. The summed E-state index contributed by atoms with van der Waals surface area (Å²) in [5.41, 5.74) is 1.16. The third-order valence-corrected chi connectivity index (χ3v) is 4.26. The first kappa shape index (κ1) is 19.9. The lowest BCUT2D eigenvalue weighted by atomic mass is 10.3. The van der Waals surface area contributed by atoms with Crippen molar-refractivity contribution in [1.29, 1.82) is 0 Å². The highest BCUT2D eigenvalue weighted by Gasteiger charge is 2.01. The zero-order chi connectivity index (χ0) is 15.6. The third kappa shape index (κ3) is 7.30. The first-order valence-corrected chi connectivity index (χ1v) is 8.55. The number of hydrogen-bond acceptors (Lipinski definition) is 4.